The molecule has 9 nitrogen and oxygen atoms in total. The van der Waals surface area contributed by atoms with Gasteiger partial charge in [0.15, 0.2) is 6.10 Å². The minimum atomic E-state index is -1.50. The second kappa shape index (κ2) is 51.6. The molecule has 0 fully saturated rings. The van der Waals surface area contributed by atoms with Crippen LogP contribution in [0.1, 0.15) is 303 Å². The fraction of sp³-hybridized carbons (Fsp3) is 0.949. The van der Waals surface area contributed by atoms with Crippen molar-refractivity contribution in [2.45, 2.75) is 315 Å². The van der Waals surface area contributed by atoms with Gasteiger partial charge < -0.3 is 28.5 Å². The number of carbonyl (C=O) groups is 3. The van der Waals surface area contributed by atoms with Crippen molar-refractivity contribution in [2.24, 2.45) is 0 Å². The summed E-state index contributed by atoms with van der Waals surface area (Å²) in [5, 5.41) is 9.65. The highest BCUT2D eigenvalue weighted by Gasteiger charge is 2.25. The third-order valence-electron chi connectivity index (χ3n) is 13.6. The Morgan fingerprint density at radius 3 is 0.941 bits per heavy atom. The van der Waals surface area contributed by atoms with Crippen molar-refractivity contribution in [3.8, 4) is 0 Å². The smallest absolute Gasteiger partial charge is 0.361 e. The molecule has 0 saturated carbocycles. The van der Waals surface area contributed by atoms with Crippen LogP contribution in [0.15, 0.2) is 0 Å². The second-order valence-corrected chi connectivity index (χ2v) is 21.7. The van der Waals surface area contributed by atoms with Crippen LogP contribution in [0.25, 0.3) is 0 Å². The Hall–Kier alpha value is -1.71. The number of ether oxygens (including phenoxy) is 4. The first kappa shape index (κ1) is 66.3. The molecule has 68 heavy (non-hydrogen) atoms. The molecule has 0 aliphatic rings. The highest BCUT2D eigenvalue weighted by atomic mass is 16.7. The molecular formula is C59H116NO8+. The Balaban J connectivity index is 3.86. The van der Waals surface area contributed by atoms with Crippen LogP contribution in [0.4, 0.5) is 0 Å². The van der Waals surface area contributed by atoms with Crippen LogP contribution in [0.5, 0.6) is 0 Å². The number of carboxylic acid groups (broad SMARTS) is 1. The number of carbonyl (C=O) groups excluding carboxylic acids is 2. The van der Waals surface area contributed by atoms with Crippen molar-refractivity contribution in [2.75, 3.05) is 47.5 Å². The zero-order chi connectivity index (χ0) is 49.9. The first-order chi connectivity index (χ1) is 33.1. The molecule has 0 spiro atoms. The van der Waals surface area contributed by atoms with Gasteiger partial charge in [-0.2, -0.15) is 0 Å². The number of hydrogen-bond donors (Lipinski definition) is 1. The van der Waals surface area contributed by atoms with Crippen molar-refractivity contribution < 1.29 is 42.9 Å². The number of esters is 2. The molecule has 0 aromatic rings. The minimum Gasteiger partial charge on any atom is -0.477 e. The lowest BCUT2D eigenvalue weighted by Crippen LogP contribution is -2.40. The van der Waals surface area contributed by atoms with Crippen LogP contribution in [-0.2, 0) is 33.3 Å². The first-order valence-electron chi connectivity index (χ1n) is 29.7. The summed E-state index contributed by atoms with van der Waals surface area (Å²) in [6.07, 6.45) is 55.3. The van der Waals surface area contributed by atoms with Gasteiger partial charge in [-0.25, -0.2) is 4.79 Å². The number of aliphatic carboxylic acids is 1. The van der Waals surface area contributed by atoms with E-state index in [1.807, 2.05) is 21.1 Å². The molecular weight excluding hydrogens is 851 g/mol. The van der Waals surface area contributed by atoms with Crippen molar-refractivity contribution in [1.29, 1.82) is 0 Å². The summed E-state index contributed by atoms with van der Waals surface area (Å²) in [6, 6.07) is 0. The van der Waals surface area contributed by atoms with Crippen molar-refractivity contribution in [3.05, 3.63) is 0 Å². The monoisotopic (exact) mass is 967 g/mol. The number of quaternary nitrogens is 1. The lowest BCUT2D eigenvalue weighted by molar-refractivity contribution is -0.870. The van der Waals surface area contributed by atoms with E-state index in [0.29, 0.717) is 17.4 Å². The molecule has 2 atom stereocenters. The van der Waals surface area contributed by atoms with Crippen molar-refractivity contribution >= 4 is 17.9 Å². The summed E-state index contributed by atoms with van der Waals surface area (Å²) in [7, 11) is 5.97. The zero-order valence-electron chi connectivity index (χ0n) is 46.1. The Morgan fingerprint density at radius 2 is 0.662 bits per heavy atom. The van der Waals surface area contributed by atoms with Gasteiger partial charge in [-0.1, -0.05) is 277 Å². The number of likely N-dealkylation sites (N-methyl/N-ethyl adjacent to an activating group) is 1. The summed E-state index contributed by atoms with van der Waals surface area (Å²) in [5.74, 6) is -1.99. The number of hydrogen-bond acceptors (Lipinski definition) is 7. The van der Waals surface area contributed by atoms with Crippen LogP contribution < -0.4 is 0 Å². The summed E-state index contributed by atoms with van der Waals surface area (Å²) >= 11 is 0. The molecule has 404 valence electrons. The van der Waals surface area contributed by atoms with Crippen LogP contribution in [0, 0.1) is 0 Å². The summed E-state index contributed by atoms with van der Waals surface area (Å²) < 4.78 is 22.8. The molecule has 9 heteroatoms. The van der Waals surface area contributed by atoms with E-state index in [1.165, 1.54) is 238 Å². The highest BCUT2D eigenvalue weighted by molar-refractivity contribution is 5.71. The molecule has 0 amide bonds. The molecule has 0 heterocycles. The molecule has 0 bridgehead atoms. The maximum absolute atomic E-state index is 12.8. The van der Waals surface area contributed by atoms with Gasteiger partial charge in [-0.3, -0.25) is 9.59 Å². The highest BCUT2D eigenvalue weighted by Crippen LogP contribution is 2.18. The second-order valence-electron chi connectivity index (χ2n) is 21.7. The number of rotatable bonds is 56. The average molecular weight is 968 g/mol. The Labute approximate surface area is 422 Å². The fourth-order valence-corrected chi connectivity index (χ4v) is 9.02. The molecule has 0 rings (SSSR count). The number of unbranched alkanes of at least 4 members (excludes halogenated alkanes) is 41. The van der Waals surface area contributed by atoms with Crippen molar-refractivity contribution in [3.63, 3.8) is 0 Å². The lowest BCUT2D eigenvalue weighted by atomic mass is 10.0. The maximum Gasteiger partial charge on any atom is 0.361 e. The molecule has 0 aromatic carbocycles. The predicted octanol–water partition coefficient (Wildman–Crippen LogP) is 17.2. The predicted molar refractivity (Wildman–Crippen MR) is 286 cm³/mol. The first-order valence-corrected chi connectivity index (χ1v) is 29.7. The van der Waals surface area contributed by atoms with Gasteiger partial charge >= 0.3 is 17.9 Å². The third-order valence-corrected chi connectivity index (χ3v) is 13.6. The van der Waals surface area contributed by atoms with Gasteiger partial charge in [0.2, 0.25) is 0 Å². The van der Waals surface area contributed by atoms with Crippen LogP contribution in [0.2, 0.25) is 0 Å². The van der Waals surface area contributed by atoms with Crippen LogP contribution in [-0.4, -0.2) is 87.4 Å². The molecule has 0 aliphatic heterocycles. The van der Waals surface area contributed by atoms with E-state index >= 15 is 0 Å². The molecule has 0 radical (unpaired) electrons. The van der Waals surface area contributed by atoms with Crippen molar-refractivity contribution in [1.82, 2.24) is 0 Å². The SMILES string of the molecule is CCCCCCCCCCCCCCCCCCCCCCCCCCCCCCCCCCCCCC(=O)OC(COC(=O)CCCCCCCCCC)COC(OCC[N+](C)(C)C)C(=O)O. The van der Waals surface area contributed by atoms with E-state index in [4.69, 9.17) is 18.9 Å². The van der Waals surface area contributed by atoms with E-state index in [0.717, 1.165) is 38.5 Å². The van der Waals surface area contributed by atoms with E-state index in [1.54, 1.807) is 0 Å². The topological polar surface area (TPSA) is 108 Å². The lowest BCUT2D eigenvalue weighted by Gasteiger charge is -2.25. The quantitative estimate of drug-likeness (QED) is 0.0278. The van der Waals surface area contributed by atoms with E-state index in [2.05, 4.69) is 13.8 Å². The fourth-order valence-electron chi connectivity index (χ4n) is 9.02. The average Bonchev–Trinajstić information content (AvgIpc) is 3.30. The normalized spacial score (nSPS) is 12.7. The van der Waals surface area contributed by atoms with E-state index in [-0.39, 0.29) is 38.2 Å². The Kier molecular flexibility index (Phi) is 50.3. The van der Waals surface area contributed by atoms with Crippen LogP contribution in [0.3, 0.4) is 0 Å². The summed E-state index contributed by atoms with van der Waals surface area (Å²) in [6.45, 7) is 4.89. The Bertz CT molecular complexity index is 1080. The number of carboxylic acids is 1. The van der Waals surface area contributed by atoms with Gasteiger partial charge in [-0.15, -0.1) is 0 Å². The largest absolute Gasteiger partial charge is 0.477 e. The third kappa shape index (κ3) is 52.1. The minimum absolute atomic E-state index is 0.174. The van der Waals surface area contributed by atoms with Gasteiger partial charge in [0.05, 0.1) is 34.4 Å². The molecule has 1 N–H and O–H groups in total. The van der Waals surface area contributed by atoms with Gasteiger partial charge in [0, 0.05) is 12.8 Å². The zero-order valence-corrected chi connectivity index (χ0v) is 46.1. The maximum atomic E-state index is 12.8. The Morgan fingerprint density at radius 1 is 0.382 bits per heavy atom. The van der Waals surface area contributed by atoms with Gasteiger partial charge in [0.1, 0.15) is 13.2 Å². The van der Waals surface area contributed by atoms with Crippen LogP contribution >= 0.6 is 0 Å². The molecule has 2 unspecified atom stereocenters. The van der Waals surface area contributed by atoms with Gasteiger partial charge in [0.25, 0.3) is 6.29 Å². The van der Waals surface area contributed by atoms with E-state index in [9.17, 15) is 19.5 Å². The molecule has 0 aliphatic carbocycles. The standard InChI is InChI=1S/C59H115NO8/c1-6-8-10-12-14-16-17-18-19-20-21-22-23-24-25-26-27-28-29-30-31-32-33-34-35-36-37-38-39-40-41-42-44-46-48-50-57(62)68-55(54-67-59(58(63)64)65-52-51-60(3,4)5)53-66-56(61)49-47-45-43-15-13-11-9-7-2/h55,59H,6-54H2,1-5H3/p+1. The van der Waals surface area contributed by atoms with E-state index < -0.39 is 18.4 Å². The number of nitrogens with zero attached hydrogens (tertiary/aromatic N) is 1. The summed E-state index contributed by atoms with van der Waals surface area (Å²) in [4.78, 5) is 37.1. The summed E-state index contributed by atoms with van der Waals surface area (Å²) in [5.41, 5.74) is 0. The molecule has 0 saturated heterocycles. The molecule has 0 aromatic heterocycles. The van der Waals surface area contributed by atoms with Gasteiger partial charge in [-0.05, 0) is 12.8 Å².